The Kier molecular flexibility index (Phi) is 6.50. The molecule has 0 aliphatic carbocycles. The van der Waals surface area contributed by atoms with E-state index in [4.69, 9.17) is 5.11 Å². The van der Waals surface area contributed by atoms with Gasteiger partial charge in [-0.1, -0.05) is 12.1 Å². The van der Waals surface area contributed by atoms with Crippen LogP contribution >= 0.6 is 0 Å². The van der Waals surface area contributed by atoms with Crippen molar-refractivity contribution in [2.24, 2.45) is 0 Å². The maximum absolute atomic E-state index is 13.2. The molecule has 6 heteroatoms. The van der Waals surface area contributed by atoms with Crippen LogP contribution in [0.2, 0.25) is 0 Å². The van der Waals surface area contributed by atoms with E-state index in [-0.39, 0.29) is 24.4 Å². The summed E-state index contributed by atoms with van der Waals surface area (Å²) in [6.45, 7) is 6.57. The number of hydrogen-bond donors (Lipinski definition) is 1. The number of rotatable bonds is 6. The van der Waals surface area contributed by atoms with Crippen molar-refractivity contribution < 1.29 is 14.3 Å². The molecule has 1 atom stereocenters. The minimum atomic E-state index is -0.281. The van der Waals surface area contributed by atoms with Crippen molar-refractivity contribution in [3.63, 3.8) is 0 Å². The summed E-state index contributed by atoms with van der Waals surface area (Å²) >= 11 is 0. The summed E-state index contributed by atoms with van der Waals surface area (Å²) in [7, 11) is 1.76. The van der Waals surface area contributed by atoms with E-state index in [1.54, 1.807) is 18.0 Å². The fourth-order valence-electron chi connectivity index (χ4n) is 2.98. The molecule has 0 unspecified atom stereocenters. The zero-order chi connectivity index (χ0) is 16.8. The van der Waals surface area contributed by atoms with Gasteiger partial charge in [-0.15, -0.1) is 0 Å². The quantitative estimate of drug-likeness (QED) is 0.841. The van der Waals surface area contributed by atoms with E-state index >= 15 is 0 Å². The SMILES string of the molecule is C[C@H](C(=O)N(C)Cc1cccc(F)c1)N1CCN(CCO)CC1. The molecule has 0 aromatic heterocycles. The van der Waals surface area contributed by atoms with Crippen LogP contribution in [0.3, 0.4) is 0 Å². The van der Waals surface area contributed by atoms with E-state index in [0.29, 0.717) is 13.1 Å². The lowest BCUT2D eigenvalue weighted by molar-refractivity contribution is -0.136. The first kappa shape index (κ1) is 17.8. The maximum Gasteiger partial charge on any atom is 0.239 e. The number of benzene rings is 1. The monoisotopic (exact) mass is 323 g/mol. The summed E-state index contributed by atoms with van der Waals surface area (Å²) in [6, 6.07) is 6.16. The molecule has 1 N–H and O–H groups in total. The van der Waals surface area contributed by atoms with Crippen LogP contribution in [0.5, 0.6) is 0 Å². The van der Waals surface area contributed by atoms with Gasteiger partial charge in [-0.3, -0.25) is 14.6 Å². The Morgan fingerprint density at radius 1 is 1.35 bits per heavy atom. The summed E-state index contributed by atoms with van der Waals surface area (Å²) in [6.07, 6.45) is 0. The van der Waals surface area contributed by atoms with E-state index in [0.717, 1.165) is 31.7 Å². The molecule has 1 saturated heterocycles. The van der Waals surface area contributed by atoms with Gasteiger partial charge in [0.15, 0.2) is 0 Å². The zero-order valence-corrected chi connectivity index (χ0v) is 13.9. The van der Waals surface area contributed by atoms with Crippen molar-refractivity contribution in [2.75, 3.05) is 46.4 Å². The van der Waals surface area contributed by atoms with E-state index in [1.807, 2.05) is 13.0 Å². The molecule has 1 heterocycles. The second kappa shape index (κ2) is 8.38. The smallest absolute Gasteiger partial charge is 0.239 e. The number of likely N-dealkylation sites (N-methyl/N-ethyl adjacent to an activating group) is 1. The molecule has 1 aromatic carbocycles. The largest absolute Gasteiger partial charge is 0.395 e. The Balaban J connectivity index is 1.86. The Hall–Kier alpha value is -1.50. The lowest BCUT2D eigenvalue weighted by Gasteiger charge is -2.38. The molecule has 1 aliphatic rings. The predicted molar refractivity (Wildman–Crippen MR) is 87.4 cm³/mol. The third-order valence-electron chi connectivity index (χ3n) is 4.41. The number of carbonyl (C=O) groups excluding carboxylic acids is 1. The van der Waals surface area contributed by atoms with Gasteiger partial charge in [0.2, 0.25) is 5.91 Å². The van der Waals surface area contributed by atoms with Crippen molar-refractivity contribution in [3.8, 4) is 0 Å². The normalized spacial score (nSPS) is 17.9. The number of halogens is 1. The maximum atomic E-state index is 13.2. The molecule has 1 fully saturated rings. The van der Waals surface area contributed by atoms with Crippen molar-refractivity contribution >= 4 is 5.91 Å². The molecule has 1 amide bonds. The number of amides is 1. The second-order valence-corrected chi connectivity index (χ2v) is 6.10. The summed E-state index contributed by atoms with van der Waals surface area (Å²) in [5.41, 5.74) is 0.792. The van der Waals surface area contributed by atoms with Crippen LogP contribution in [0.4, 0.5) is 4.39 Å². The Morgan fingerprint density at radius 2 is 2.04 bits per heavy atom. The van der Waals surface area contributed by atoms with Gasteiger partial charge >= 0.3 is 0 Å². The first-order valence-electron chi connectivity index (χ1n) is 8.08. The van der Waals surface area contributed by atoms with Gasteiger partial charge in [-0.2, -0.15) is 0 Å². The summed E-state index contributed by atoms with van der Waals surface area (Å²) in [5, 5.41) is 8.97. The van der Waals surface area contributed by atoms with Crippen LogP contribution in [0.1, 0.15) is 12.5 Å². The van der Waals surface area contributed by atoms with E-state index in [2.05, 4.69) is 9.80 Å². The minimum absolute atomic E-state index is 0.0462. The molecule has 128 valence electrons. The number of carbonyl (C=O) groups is 1. The van der Waals surface area contributed by atoms with Gasteiger partial charge < -0.3 is 10.0 Å². The topological polar surface area (TPSA) is 47.0 Å². The number of piperazine rings is 1. The predicted octanol–water partition coefficient (Wildman–Crippen LogP) is 0.782. The van der Waals surface area contributed by atoms with Crippen LogP contribution in [-0.4, -0.2) is 78.1 Å². The third kappa shape index (κ3) is 4.99. The number of aliphatic hydroxyl groups is 1. The Morgan fingerprint density at radius 3 is 2.65 bits per heavy atom. The van der Waals surface area contributed by atoms with Crippen molar-refractivity contribution in [3.05, 3.63) is 35.6 Å². The molecule has 1 aromatic rings. The number of hydrogen-bond acceptors (Lipinski definition) is 4. The van der Waals surface area contributed by atoms with Crippen molar-refractivity contribution in [1.29, 1.82) is 0 Å². The summed E-state index contributed by atoms with van der Waals surface area (Å²) in [4.78, 5) is 18.6. The first-order valence-corrected chi connectivity index (χ1v) is 8.08. The average Bonchev–Trinajstić information content (AvgIpc) is 2.54. The Bertz CT molecular complexity index is 518. The molecular formula is C17H26FN3O2. The van der Waals surface area contributed by atoms with E-state index in [9.17, 15) is 9.18 Å². The van der Waals surface area contributed by atoms with Crippen LogP contribution < -0.4 is 0 Å². The highest BCUT2D eigenvalue weighted by Gasteiger charge is 2.27. The van der Waals surface area contributed by atoms with E-state index in [1.165, 1.54) is 12.1 Å². The second-order valence-electron chi connectivity index (χ2n) is 6.10. The molecule has 5 nitrogen and oxygen atoms in total. The number of aliphatic hydroxyl groups excluding tert-OH is 1. The Labute approximate surface area is 137 Å². The minimum Gasteiger partial charge on any atom is -0.395 e. The molecule has 0 bridgehead atoms. The van der Waals surface area contributed by atoms with Crippen LogP contribution in [0.25, 0.3) is 0 Å². The van der Waals surface area contributed by atoms with Gasteiger partial charge in [0.25, 0.3) is 0 Å². The average molecular weight is 323 g/mol. The highest BCUT2D eigenvalue weighted by atomic mass is 19.1. The molecule has 0 spiro atoms. The van der Waals surface area contributed by atoms with Gasteiger partial charge in [0.05, 0.1) is 12.6 Å². The highest BCUT2D eigenvalue weighted by molar-refractivity contribution is 5.81. The lowest BCUT2D eigenvalue weighted by Crippen LogP contribution is -2.54. The number of nitrogens with zero attached hydrogens (tertiary/aromatic N) is 3. The summed E-state index contributed by atoms with van der Waals surface area (Å²) < 4.78 is 13.2. The van der Waals surface area contributed by atoms with Gasteiger partial charge in [0.1, 0.15) is 5.82 Å². The molecule has 0 saturated carbocycles. The summed E-state index contributed by atoms with van der Waals surface area (Å²) in [5.74, 6) is -0.235. The van der Waals surface area contributed by atoms with E-state index < -0.39 is 0 Å². The van der Waals surface area contributed by atoms with Crippen LogP contribution in [0, 0.1) is 5.82 Å². The fourth-order valence-corrected chi connectivity index (χ4v) is 2.98. The van der Waals surface area contributed by atoms with Crippen molar-refractivity contribution in [1.82, 2.24) is 14.7 Å². The fraction of sp³-hybridized carbons (Fsp3) is 0.588. The van der Waals surface area contributed by atoms with Crippen LogP contribution in [-0.2, 0) is 11.3 Å². The standard InChI is InChI=1S/C17H26FN3O2/c1-14(21-8-6-20(7-9-21)10-11-22)17(23)19(2)13-15-4-3-5-16(18)12-15/h3-5,12,14,22H,6-11,13H2,1-2H3/t14-/m1/s1. The molecule has 23 heavy (non-hydrogen) atoms. The van der Waals surface area contributed by atoms with Gasteiger partial charge in [0, 0.05) is 46.3 Å². The molecular weight excluding hydrogens is 297 g/mol. The highest BCUT2D eigenvalue weighted by Crippen LogP contribution is 2.11. The van der Waals surface area contributed by atoms with Crippen molar-refractivity contribution in [2.45, 2.75) is 19.5 Å². The zero-order valence-electron chi connectivity index (χ0n) is 13.9. The third-order valence-corrected chi connectivity index (χ3v) is 4.41. The molecule has 0 radical (unpaired) electrons. The van der Waals surface area contributed by atoms with Gasteiger partial charge in [-0.25, -0.2) is 4.39 Å². The lowest BCUT2D eigenvalue weighted by atomic mass is 10.1. The first-order chi connectivity index (χ1) is 11.0. The number of β-amino-alcohol motifs (C(OH)–C–C–N with tert-alkyl or cyclic N) is 1. The molecule has 1 aliphatic heterocycles. The van der Waals surface area contributed by atoms with Crippen LogP contribution in [0.15, 0.2) is 24.3 Å². The molecule has 2 rings (SSSR count). The van der Waals surface area contributed by atoms with Gasteiger partial charge in [-0.05, 0) is 24.6 Å².